The molecule has 0 spiro atoms. The molecule has 1 aliphatic rings. The summed E-state index contributed by atoms with van der Waals surface area (Å²) in [6, 6.07) is 0. The number of carbonyl (C=O) groups is 3. The molecule has 0 atom stereocenters. The van der Waals surface area contributed by atoms with Crippen LogP contribution < -0.4 is 5.32 Å². The number of alkyl carbamates (subject to hydrolysis) is 1. The van der Waals surface area contributed by atoms with Crippen LogP contribution in [0.5, 0.6) is 0 Å². The number of Topliss-reactive ketones (excluding diaryl/α,β-unsaturated/α-hetero) is 1. The van der Waals surface area contributed by atoms with Gasteiger partial charge in [-0.1, -0.05) is 0 Å². The summed E-state index contributed by atoms with van der Waals surface area (Å²) in [7, 11) is 0. The van der Waals surface area contributed by atoms with Gasteiger partial charge in [0.05, 0.1) is 6.61 Å². The molecule has 0 aliphatic heterocycles. The van der Waals surface area contributed by atoms with E-state index in [4.69, 9.17) is 9.47 Å². The lowest BCUT2D eigenvalue weighted by atomic mass is 9.81. The van der Waals surface area contributed by atoms with Crippen LogP contribution in [0, 0.1) is 0 Å². The van der Waals surface area contributed by atoms with E-state index in [-0.39, 0.29) is 38.1 Å². The number of ketones is 1. The summed E-state index contributed by atoms with van der Waals surface area (Å²) in [4.78, 5) is 35.4. The lowest BCUT2D eigenvalue weighted by Gasteiger charge is -2.35. The molecule has 0 bridgehead atoms. The molecule has 6 nitrogen and oxygen atoms in total. The van der Waals surface area contributed by atoms with Crippen LogP contribution in [0.2, 0.25) is 0 Å². The van der Waals surface area contributed by atoms with Crippen LogP contribution in [0.3, 0.4) is 0 Å². The maximum Gasteiger partial charge on any atom is 0.408 e. The Bertz CT molecular complexity index is 387. The molecule has 1 aliphatic carbocycles. The van der Waals surface area contributed by atoms with Gasteiger partial charge in [0.15, 0.2) is 0 Å². The van der Waals surface area contributed by atoms with Crippen LogP contribution in [0.1, 0.15) is 53.4 Å². The van der Waals surface area contributed by atoms with Gasteiger partial charge in [0.25, 0.3) is 0 Å². The van der Waals surface area contributed by atoms with Gasteiger partial charge in [0.1, 0.15) is 16.9 Å². The van der Waals surface area contributed by atoms with E-state index in [0.29, 0.717) is 0 Å². The van der Waals surface area contributed by atoms with Gasteiger partial charge in [-0.15, -0.1) is 0 Å². The Labute approximate surface area is 119 Å². The first-order valence-corrected chi connectivity index (χ1v) is 6.88. The molecule has 0 heterocycles. The average Bonchev–Trinajstić information content (AvgIpc) is 2.30. The largest absolute Gasteiger partial charge is 0.464 e. The fourth-order valence-corrected chi connectivity index (χ4v) is 2.10. The van der Waals surface area contributed by atoms with E-state index in [1.807, 2.05) is 0 Å². The number of rotatable bonds is 3. The Morgan fingerprint density at radius 3 is 2.25 bits per heavy atom. The summed E-state index contributed by atoms with van der Waals surface area (Å²) in [5.41, 5.74) is -1.79. The Kier molecular flexibility index (Phi) is 5.14. The van der Waals surface area contributed by atoms with Gasteiger partial charge in [-0.05, 0) is 40.5 Å². The third-order valence-electron chi connectivity index (χ3n) is 3.07. The minimum atomic E-state index is -1.15. The summed E-state index contributed by atoms with van der Waals surface area (Å²) >= 11 is 0. The number of ether oxygens (including phenoxy) is 2. The number of esters is 1. The molecule has 0 aromatic heterocycles. The first kappa shape index (κ1) is 16.5. The van der Waals surface area contributed by atoms with Gasteiger partial charge in [-0.3, -0.25) is 4.79 Å². The lowest BCUT2D eigenvalue weighted by Crippen LogP contribution is -2.58. The van der Waals surface area contributed by atoms with Gasteiger partial charge in [0, 0.05) is 12.8 Å². The second-order valence-corrected chi connectivity index (χ2v) is 5.97. The number of hydrogen-bond acceptors (Lipinski definition) is 5. The van der Waals surface area contributed by atoms with E-state index in [9.17, 15) is 14.4 Å². The summed E-state index contributed by atoms with van der Waals surface area (Å²) in [5.74, 6) is -0.408. The predicted octanol–water partition coefficient (Wildman–Crippen LogP) is 1.96. The number of nitrogens with one attached hydrogen (secondary N) is 1. The van der Waals surface area contributed by atoms with E-state index in [2.05, 4.69) is 5.32 Å². The molecule has 20 heavy (non-hydrogen) atoms. The Hall–Kier alpha value is -1.59. The Balaban J connectivity index is 2.81. The van der Waals surface area contributed by atoms with Crippen LogP contribution >= 0.6 is 0 Å². The van der Waals surface area contributed by atoms with E-state index < -0.39 is 23.2 Å². The molecule has 1 amide bonds. The van der Waals surface area contributed by atoms with Crippen LogP contribution in [0.15, 0.2) is 0 Å². The van der Waals surface area contributed by atoms with Crippen molar-refractivity contribution in [2.45, 2.75) is 64.5 Å². The van der Waals surface area contributed by atoms with Crippen molar-refractivity contribution in [3.63, 3.8) is 0 Å². The second kappa shape index (κ2) is 6.24. The van der Waals surface area contributed by atoms with Crippen molar-refractivity contribution < 1.29 is 23.9 Å². The van der Waals surface area contributed by atoms with Crippen LogP contribution in [-0.4, -0.2) is 35.6 Å². The molecule has 1 saturated carbocycles. The maximum atomic E-state index is 12.1. The minimum Gasteiger partial charge on any atom is -0.464 e. The second-order valence-electron chi connectivity index (χ2n) is 5.97. The molecule has 6 heteroatoms. The van der Waals surface area contributed by atoms with Gasteiger partial charge in [-0.2, -0.15) is 0 Å². The maximum absolute atomic E-state index is 12.1. The highest BCUT2D eigenvalue weighted by atomic mass is 16.6. The van der Waals surface area contributed by atoms with Crippen molar-refractivity contribution in [3.05, 3.63) is 0 Å². The highest BCUT2D eigenvalue weighted by Gasteiger charge is 2.45. The van der Waals surface area contributed by atoms with Crippen LogP contribution in [-0.2, 0) is 19.1 Å². The molecule has 1 N–H and O–H groups in total. The Morgan fingerprint density at radius 2 is 1.80 bits per heavy atom. The molecule has 1 rings (SSSR count). The summed E-state index contributed by atoms with van der Waals surface area (Å²) in [6.07, 6.45) is 0.358. The van der Waals surface area contributed by atoms with Crippen molar-refractivity contribution in [2.24, 2.45) is 0 Å². The topological polar surface area (TPSA) is 81.7 Å². The number of carbonyl (C=O) groups excluding carboxylic acids is 3. The van der Waals surface area contributed by atoms with Crippen LogP contribution in [0.25, 0.3) is 0 Å². The van der Waals surface area contributed by atoms with Gasteiger partial charge in [0.2, 0.25) is 0 Å². The SMILES string of the molecule is CCOC(=O)C1(NC(=O)OC(C)(C)C)CCC(=O)CC1. The van der Waals surface area contributed by atoms with Crippen molar-refractivity contribution in [3.8, 4) is 0 Å². The fourth-order valence-electron chi connectivity index (χ4n) is 2.10. The zero-order valence-corrected chi connectivity index (χ0v) is 12.6. The van der Waals surface area contributed by atoms with E-state index >= 15 is 0 Å². The number of hydrogen-bond donors (Lipinski definition) is 1. The first-order valence-electron chi connectivity index (χ1n) is 6.88. The molecule has 0 unspecified atom stereocenters. The molecule has 114 valence electrons. The van der Waals surface area contributed by atoms with E-state index in [1.165, 1.54) is 0 Å². The minimum absolute atomic E-state index is 0.0934. The highest BCUT2D eigenvalue weighted by molar-refractivity contribution is 5.90. The molecular formula is C14H23NO5. The summed E-state index contributed by atoms with van der Waals surface area (Å²) < 4.78 is 10.2. The van der Waals surface area contributed by atoms with Crippen LogP contribution in [0.4, 0.5) is 4.79 Å². The van der Waals surface area contributed by atoms with E-state index in [0.717, 1.165) is 0 Å². The van der Waals surface area contributed by atoms with Crippen molar-refractivity contribution >= 4 is 17.8 Å². The lowest BCUT2D eigenvalue weighted by molar-refractivity contribution is -0.153. The van der Waals surface area contributed by atoms with Crippen molar-refractivity contribution in [1.29, 1.82) is 0 Å². The predicted molar refractivity (Wildman–Crippen MR) is 72.2 cm³/mol. The smallest absolute Gasteiger partial charge is 0.408 e. The monoisotopic (exact) mass is 285 g/mol. The first-order chi connectivity index (χ1) is 9.18. The zero-order chi connectivity index (χ0) is 15.4. The van der Waals surface area contributed by atoms with E-state index in [1.54, 1.807) is 27.7 Å². The van der Waals surface area contributed by atoms with Gasteiger partial charge in [-0.25, -0.2) is 9.59 Å². The Morgan fingerprint density at radius 1 is 1.25 bits per heavy atom. The van der Waals surface area contributed by atoms with Crippen molar-refractivity contribution in [2.75, 3.05) is 6.61 Å². The third kappa shape index (κ3) is 4.51. The molecule has 0 aromatic rings. The van der Waals surface area contributed by atoms with Crippen molar-refractivity contribution in [1.82, 2.24) is 5.32 Å². The summed E-state index contributed by atoms with van der Waals surface area (Å²) in [5, 5.41) is 2.61. The molecule has 0 saturated heterocycles. The quantitative estimate of drug-likeness (QED) is 0.801. The van der Waals surface area contributed by atoms with Gasteiger partial charge >= 0.3 is 12.1 Å². The normalized spacial score (nSPS) is 18.3. The standard InChI is InChI=1S/C14H23NO5/c1-5-19-11(17)14(8-6-10(16)7-9-14)15-12(18)20-13(2,3)4/h5-9H2,1-4H3,(H,15,18). The average molecular weight is 285 g/mol. The molecule has 1 fully saturated rings. The third-order valence-corrected chi connectivity index (χ3v) is 3.07. The fraction of sp³-hybridized carbons (Fsp3) is 0.786. The molecular weight excluding hydrogens is 262 g/mol. The molecule has 0 aromatic carbocycles. The summed E-state index contributed by atoms with van der Waals surface area (Å²) in [6.45, 7) is 7.16. The number of amides is 1. The molecule has 0 radical (unpaired) electrons. The highest BCUT2D eigenvalue weighted by Crippen LogP contribution is 2.28. The zero-order valence-electron chi connectivity index (χ0n) is 12.6. The van der Waals surface area contributed by atoms with Gasteiger partial charge < -0.3 is 14.8 Å².